The predicted octanol–water partition coefficient (Wildman–Crippen LogP) is 2.48. The molecule has 0 aliphatic rings. The zero-order chi connectivity index (χ0) is 21.5. The molecule has 1 aromatic rings. The summed E-state index contributed by atoms with van der Waals surface area (Å²) < 4.78 is 6.48. The third-order valence-corrected chi connectivity index (χ3v) is 4.04. The summed E-state index contributed by atoms with van der Waals surface area (Å²) in [7, 11) is 1.77. The maximum atomic E-state index is 12.5. The van der Waals surface area contributed by atoms with Crippen LogP contribution in [0.2, 0.25) is 0 Å². The first-order valence-electron chi connectivity index (χ1n) is 9.71. The number of carbonyl (C=O) groups is 3. The highest BCUT2D eigenvalue weighted by Gasteiger charge is 2.22. The van der Waals surface area contributed by atoms with Crippen molar-refractivity contribution in [3.05, 3.63) is 11.8 Å². The summed E-state index contributed by atoms with van der Waals surface area (Å²) in [6.45, 7) is 12.5. The molecule has 1 heterocycles. The maximum Gasteiger partial charge on any atom is 0.306 e. The highest BCUT2D eigenvalue weighted by atomic mass is 16.5. The molecule has 2 amide bonds. The number of esters is 1. The van der Waals surface area contributed by atoms with Crippen molar-refractivity contribution in [2.24, 2.45) is 13.0 Å². The van der Waals surface area contributed by atoms with Gasteiger partial charge in [0.05, 0.1) is 25.3 Å². The summed E-state index contributed by atoms with van der Waals surface area (Å²) in [4.78, 5) is 38.0. The van der Waals surface area contributed by atoms with Crippen LogP contribution in [-0.4, -0.2) is 52.2 Å². The molecule has 0 bridgehead atoms. The third kappa shape index (κ3) is 7.70. The Morgan fingerprint density at radius 3 is 2.39 bits per heavy atom. The average Bonchev–Trinajstić information content (AvgIpc) is 2.93. The lowest BCUT2D eigenvalue weighted by Crippen LogP contribution is -2.40. The smallest absolute Gasteiger partial charge is 0.306 e. The van der Waals surface area contributed by atoms with Gasteiger partial charge in [-0.1, -0.05) is 34.6 Å². The lowest BCUT2D eigenvalue weighted by Gasteiger charge is -2.24. The number of nitrogens with one attached hydrogen (secondary N) is 1. The van der Waals surface area contributed by atoms with E-state index in [1.54, 1.807) is 18.7 Å². The predicted molar refractivity (Wildman–Crippen MR) is 108 cm³/mol. The summed E-state index contributed by atoms with van der Waals surface area (Å²) in [5.74, 6) is -0.165. The minimum Gasteiger partial charge on any atom is -0.466 e. The van der Waals surface area contributed by atoms with Gasteiger partial charge in [-0.2, -0.15) is 5.10 Å². The van der Waals surface area contributed by atoms with E-state index in [4.69, 9.17) is 4.74 Å². The summed E-state index contributed by atoms with van der Waals surface area (Å²) in [5, 5.41) is 7.26. The fourth-order valence-electron chi connectivity index (χ4n) is 2.60. The Hall–Kier alpha value is -2.38. The van der Waals surface area contributed by atoms with E-state index < -0.39 is 5.97 Å². The summed E-state index contributed by atoms with van der Waals surface area (Å²) in [5.41, 5.74) is 0.739. The number of rotatable bonds is 9. The number of anilines is 1. The Kier molecular flexibility index (Phi) is 8.65. The van der Waals surface area contributed by atoms with Crippen LogP contribution in [0.4, 0.5) is 5.82 Å². The lowest BCUT2D eigenvalue weighted by atomic mass is 9.92. The molecule has 0 saturated carbocycles. The van der Waals surface area contributed by atoms with Crippen LogP contribution in [0, 0.1) is 5.92 Å². The SMILES string of the molecule is CCOC(=O)CCC(=O)N(CC(=O)Nc1cc(C(C)(C)C)nn1C)CC(C)C. The second kappa shape index (κ2) is 10.2. The standard InChI is InChI=1S/C20H34N4O4/c1-8-28-19(27)10-9-18(26)24(12-14(2)3)13-17(25)21-16-11-15(20(4,5)6)22-23(16)7/h11,14H,8-10,12-13H2,1-7H3,(H,21,25). The van der Waals surface area contributed by atoms with Gasteiger partial charge in [0, 0.05) is 31.5 Å². The fourth-order valence-corrected chi connectivity index (χ4v) is 2.60. The molecule has 1 aromatic heterocycles. The van der Waals surface area contributed by atoms with Crippen LogP contribution in [0.3, 0.4) is 0 Å². The number of hydrogen-bond acceptors (Lipinski definition) is 5. The Labute approximate surface area is 167 Å². The van der Waals surface area contributed by atoms with Crippen molar-refractivity contribution in [1.82, 2.24) is 14.7 Å². The van der Waals surface area contributed by atoms with Crippen molar-refractivity contribution >= 4 is 23.6 Å². The molecule has 0 spiro atoms. The van der Waals surface area contributed by atoms with Crippen LogP contribution in [0.15, 0.2) is 6.07 Å². The molecule has 0 radical (unpaired) electrons. The molecule has 1 N–H and O–H groups in total. The van der Waals surface area contributed by atoms with Gasteiger partial charge in [-0.15, -0.1) is 0 Å². The Bertz CT molecular complexity index is 689. The van der Waals surface area contributed by atoms with Gasteiger partial charge >= 0.3 is 5.97 Å². The molecule has 8 nitrogen and oxygen atoms in total. The summed E-state index contributed by atoms with van der Waals surface area (Å²) in [6.07, 6.45) is 0.0400. The molecule has 0 unspecified atom stereocenters. The molecular formula is C20H34N4O4. The second-order valence-corrected chi connectivity index (χ2v) is 8.31. The number of ether oxygens (including phenoxy) is 1. The second-order valence-electron chi connectivity index (χ2n) is 8.31. The Balaban J connectivity index is 2.75. The molecule has 1 rings (SSSR count). The molecule has 0 aliphatic carbocycles. The largest absolute Gasteiger partial charge is 0.466 e. The lowest BCUT2D eigenvalue weighted by molar-refractivity contribution is -0.146. The molecule has 8 heteroatoms. The fraction of sp³-hybridized carbons (Fsp3) is 0.700. The molecule has 0 fully saturated rings. The van der Waals surface area contributed by atoms with Gasteiger partial charge in [-0.25, -0.2) is 0 Å². The van der Waals surface area contributed by atoms with Crippen molar-refractivity contribution in [3.8, 4) is 0 Å². The molecule has 0 atom stereocenters. The molecule has 0 aromatic carbocycles. The van der Waals surface area contributed by atoms with Crippen LogP contribution in [0.1, 0.15) is 60.1 Å². The normalized spacial score (nSPS) is 11.4. The zero-order valence-electron chi connectivity index (χ0n) is 18.2. The molecule has 28 heavy (non-hydrogen) atoms. The minimum absolute atomic E-state index is 0.0135. The van der Waals surface area contributed by atoms with Crippen molar-refractivity contribution in [3.63, 3.8) is 0 Å². The monoisotopic (exact) mass is 394 g/mol. The van der Waals surface area contributed by atoms with Gasteiger partial charge < -0.3 is 15.0 Å². The summed E-state index contributed by atoms with van der Waals surface area (Å²) >= 11 is 0. The Morgan fingerprint density at radius 1 is 1.25 bits per heavy atom. The first kappa shape index (κ1) is 23.7. The van der Waals surface area contributed by atoms with E-state index in [2.05, 4.69) is 10.4 Å². The first-order valence-corrected chi connectivity index (χ1v) is 9.71. The van der Waals surface area contributed by atoms with Gasteiger partial charge in [0.1, 0.15) is 5.82 Å². The van der Waals surface area contributed by atoms with E-state index in [1.807, 2.05) is 40.7 Å². The molecule has 0 saturated heterocycles. The van der Waals surface area contributed by atoms with Crippen LogP contribution in [0.25, 0.3) is 0 Å². The van der Waals surface area contributed by atoms with E-state index in [-0.39, 0.29) is 49.1 Å². The number of nitrogens with zero attached hydrogens (tertiary/aromatic N) is 3. The van der Waals surface area contributed by atoms with Crippen molar-refractivity contribution < 1.29 is 19.1 Å². The van der Waals surface area contributed by atoms with E-state index in [9.17, 15) is 14.4 Å². The van der Waals surface area contributed by atoms with Crippen LogP contribution >= 0.6 is 0 Å². The maximum absolute atomic E-state index is 12.5. The van der Waals surface area contributed by atoms with E-state index in [1.165, 1.54) is 4.90 Å². The molecule has 158 valence electrons. The third-order valence-electron chi connectivity index (χ3n) is 4.04. The topological polar surface area (TPSA) is 93.5 Å². The van der Waals surface area contributed by atoms with E-state index in [0.29, 0.717) is 12.4 Å². The van der Waals surface area contributed by atoms with Crippen LogP contribution in [0.5, 0.6) is 0 Å². The quantitative estimate of drug-likeness (QED) is 0.650. The number of aromatic nitrogens is 2. The first-order chi connectivity index (χ1) is 12.9. The molecular weight excluding hydrogens is 360 g/mol. The Morgan fingerprint density at radius 2 is 1.89 bits per heavy atom. The van der Waals surface area contributed by atoms with E-state index in [0.717, 1.165) is 5.69 Å². The highest BCUT2D eigenvalue weighted by molar-refractivity contribution is 5.94. The zero-order valence-corrected chi connectivity index (χ0v) is 18.2. The molecule has 0 aliphatic heterocycles. The van der Waals surface area contributed by atoms with Gasteiger partial charge in [0.15, 0.2) is 0 Å². The minimum atomic E-state index is -0.408. The highest BCUT2D eigenvalue weighted by Crippen LogP contribution is 2.23. The summed E-state index contributed by atoms with van der Waals surface area (Å²) in [6, 6.07) is 1.84. The number of aryl methyl sites for hydroxylation is 1. The van der Waals surface area contributed by atoms with E-state index >= 15 is 0 Å². The van der Waals surface area contributed by atoms with Crippen LogP contribution < -0.4 is 5.32 Å². The van der Waals surface area contributed by atoms with Crippen molar-refractivity contribution in [1.29, 1.82) is 0 Å². The van der Waals surface area contributed by atoms with Gasteiger partial charge in [-0.05, 0) is 12.8 Å². The van der Waals surface area contributed by atoms with Gasteiger partial charge in [-0.3, -0.25) is 19.1 Å². The average molecular weight is 395 g/mol. The number of carbonyl (C=O) groups excluding carboxylic acids is 3. The van der Waals surface area contributed by atoms with Gasteiger partial charge in [0.2, 0.25) is 11.8 Å². The number of hydrogen-bond donors (Lipinski definition) is 1. The number of amides is 2. The van der Waals surface area contributed by atoms with Crippen molar-refractivity contribution in [2.75, 3.05) is 25.0 Å². The van der Waals surface area contributed by atoms with Crippen LogP contribution in [-0.2, 0) is 31.6 Å². The van der Waals surface area contributed by atoms with Gasteiger partial charge in [0.25, 0.3) is 0 Å². The van der Waals surface area contributed by atoms with Crippen molar-refractivity contribution in [2.45, 2.75) is 59.8 Å².